The third-order valence-corrected chi connectivity index (χ3v) is 3.87. The van der Waals surface area contributed by atoms with Crippen molar-refractivity contribution in [2.45, 2.75) is 32.7 Å². The van der Waals surface area contributed by atoms with Gasteiger partial charge in [-0.15, -0.1) is 0 Å². The third-order valence-electron chi connectivity index (χ3n) is 3.87. The van der Waals surface area contributed by atoms with E-state index in [9.17, 15) is 4.79 Å². The van der Waals surface area contributed by atoms with Crippen LogP contribution in [0.3, 0.4) is 0 Å². The molecular formula is C19H25N3O3. The number of aromatic nitrogens is 1. The molecule has 0 aliphatic heterocycles. The van der Waals surface area contributed by atoms with E-state index in [4.69, 9.17) is 9.47 Å². The van der Waals surface area contributed by atoms with Gasteiger partial charge < -0.3 is 20.1 Å². The Labute approximate surface area is 148 Å². The van der Waals surface area contributed by atoms with Crippen LogP contribution in [0.1, 0.15) is 25.8 Å². The van der Waals surface area contributed by atoms with Crippen LogP contribution in [0.25, 0.3) is 0 Å². The lowest BCUT2D eigenvalue weighted by molar-refractivity contribution is -0.115. The summed E-state index contributed by atoms with van der Waals surface area (Å²) in [7, 11) is 3.15. The van der Waals surface area contributed by atoms with Crippen LogP contribution in [0.2, 0.25) is 0 Å². The lowest BCUT2D eigenvalue weighted by Gasteiger charge is -2.12. The summed E-state index contributed by atoms with van der Waals surface area (Å²) in [6.07, 6.45) is 2.91. The van der Waals surface area contributed by atoms with Gasteiger partial charge >= 0.3 is 0 Å². The molecule has 25 heavy (non-hydrogen) atoms. The van der Waals surface area contributed by atoms with Crippen LogP contribution in [0.15, 0.2) is 36.5 Å². The number of methoxy groups -OCH3 is 2. The number of pyridine rings is 1. The minimum atomic E-state index is -0.114. The van der Waals surface area contributed by atoms with E-state index < -0.39 is 0 Å². The first-order chi connectivity index (χ1) is 12.0. The average Bonchev–Trinajstić information content (AvgIpc) is 2.63. The molecule has 6 heteroatoms. The Balaban J connectivity index is 1.96. The Hall–Kier alpha value is -2.76. The maximum absolute atomic E-state index is 12.2. The topological polar surface area (TPSA) is 72.5 Å². The molecule has 0 fully saturated rings. The van der Waals surface area contributed by atoms with E-state index in [1.54, 1.807) is 32.5 Å². The molecule has 0 spiro atoms. The zero-order valence-electron chi connectivity index (χ0n) is 15.1. The average molecular weight is 343 g/mol. The van der Waals surface area contributed by atoms with E-state index in [0.29, 0.717) is 23.2 Å². The number of benzene rings is 1. The highest BCUT2D eigenvalue weighted by Gasteiger charge is 2.09. The summed E-state index contributed by atoms with van der Waals surface area (Å²) in [4.78, 5) is 16.5. The predicted octanol–water partition coefficient (Wildman–Crippen LogP) is 3.49. The van der Waals surface area contributed by atoms with Crippen molar-refractivity contribution in [3.05, 3.63) is 42.1 Å². The van der Waals surface area contributed by atoms with Gasteiger partial charge in [-0.2, -0.15) is 0 Å². The molecule has 1 atom stereocenters. The number of nitrogens with zero attached hydrogens (tertiary/aromatic N) is 1. The Morgan fingerprint density at radius 1 is 1.16 bits per heavy atom. The zero-order chi connectivity index (χ0) is 18.2. The Bertz CT molecular complexity index is 702. The van der Waals surface area contributed by atoms with Crippen LogP contribution in [0, 0.1) is 0 Å². The molecule has 1 unspecified atom stereocenters. The van der Waals surface area contributed by atoms with Crippen LogP contribution in [0.4, 0.5) is 11.5 Å². The van der Waals surface area contributed by atoms with E-state index in [1.165, 1.54) is 0 Å². The summed E-state index contributed by atoms with van der Waals surface area (Å²) in [5.74, 6) is 1.93. The number of carbonyl (C=O) groups excluding carboxylic acids is 1. The van der Waals surface area contributed by atoms with Gasteiger partial charge in [0, 0.05) is 6.04 Å². The number of carbonyl (C=O) groups is 1. The first-order valence-electron chi connectivity index (χ1n) is 8.29. The van der Waals surface area contributed by atoms with Gasteiger partial charge in [0.15, 0.2) is 11.5 Å². The van der Waals surface area contributed by atoms with Crippen molar-refractivity contribution in [1.29, 1.82) is 0 Å². The number of hydrogen-bond donors (Lipinski definition) is 2. The van der Waals surface area contributed by atoms with Gasteiger partial charge in [-0.1, -0.05) is 13.0 Å². The molecule has 2 N–H and O–H groups in total. The summed E-state index contributed by atoms with van der Waals surface area (Å²) in [5, 5.41) is 6.14. The van der Waals surface area contributed by atoms with Crippen molar-refractivity contribution >= 4 is 17.4 Å². The highest BCUT2D eigenvalue weighted by molar-refractivity contribution is 5.92. The number of nitrogens with one attached hydrogen (secondary N) is 2. The van der Waals surface area contributed by atoms with Crippen LogP contribution in [-0.2, 0) is 11.2 Å². The van der Waals surface area contributed by atoms with E-state index in [2.05, 4.69) is 29.5 Å². The van der Waals surface area contributed by atoms with Crippen molar-refractivity contribution in [1.82, 2.24) is 4.98 Å². The van der Waals surface area contributed by atoms with Crippen molar-refractivity contribution in [3.63, 3.8) is 0 Å². The summed E-state index contributed by atoms with van der Waals surface area (Å²) in [6, 6.07) is 9.49. The predicted molar refractivity (Wildman–Crippen MR) is 99.5 cm³/mol. The molecule has 1 amide bonds. The number of rotatable bonds is 8. The van der Waals surface area contributed by atoms with Gasteiger partial charge in [-0.05, 0) is 43.2 Å². The molecule has 2 aromatic rings. The SMILES string of the molecule is CCC(C)Nc1ccc(NC(=O)Cc2ccc(OC)c(OC)c2)cn1. The Kier molecular flexibility index (Phi) is 6.62. The molecule has 0 radical (unpaired) electrons. The summed E-state index contributed by atoms with van der Waals surface area (Å²) in [5.41, 5.74) is 1.51. The second-order valence-corrected chi connectivity index (χ2v) is 5.80. The molecule has 0 saturated heterocycles. The van der Waals surface area contributed by atoms with Crippen LogP contribution < -0.4 is 20.1 Å². The Morgan fingerprint density at radius 2 is 1.92 bits per heavy atom. The first kappa shape index (κ1) is 18.6. The summed E-state index contributed by atoms with van der Waals surface area (Å²) < 4.78 is 10.5. The molecule has 1 aromatic carbocycles. The number of amides is 1. The molecule has 1 aromatic heterocycles. The largest absolute Gasteiger partial charge is 0.493 e. The second kappa shape index (κ2) is 8.92. The van der Waals surface area contributed by atoms with E-state index >= 15 is 0 Å². The van der Waals surface area contributed by atoms with Gasteiger partial charge in [0.25, 0.3) is 0 Å². The van der Waals surface area contributed by atoms with Crippen molar-refractivity contribution in [3.8, 4) is 11.5 Å². The van der Waals surface area contributed by atoms with Gasteiger partial charge in [-0.25, -0.2) is 4.98 Å². The lowest BCUT2D eigenvalue weighted by atomic mass is 10.1. The molecule has 6 nitrogen and oxygen atoms in total. The van der Waals surface area contributed by atoms with Crippen molar-refractivity contribution < 1.29 is 14.3 Å². The van der Waals surface area contributed by atoms with Crippen LogP contribution in [0.5, 0.6) is 11.5 Å². The molecule has 0 aliphatic rings. The smallest absolute Gasteiger partial charge is 0.228 e. The quantitative estimate of drug-likeness (QED) is 0.767. The van der Waals surface area contributed by atoms with E-state index in [-0.39, 0.29) is 12.3 Å². The van der Waals surface area contributed by atoms with Crippen molar-refractivity contribution in [2.75, 3.05) is 24.9 Å². The molecule has 1 heterocycles. The fourth-order valence-electron chi connectivity index (χ4n) is 2.29. The molecule has 0 saturated carbocycles. The third kappa shape index (κ3) is 5.38. The van der Waals surface area contributed by atoms with Gasteiger partial charge in [0.05, 0.1) is 32.5 Å². The lowest BCUT2D eigenvalue weighted by Crippen LogP contribution is -2.16. The minimum absolute atomic E-state index is 0.114. The summed E-state index contributed by atoms with van der Waals surface area (Å²) >= 11 is 0. The van der Waals surface area contributed by atoms with E-state index in [1.807, 2.05) is 18.2 Å². The second-order valence-electron chi connectivity index (χ2n) is 5.80. The molecular weight excluding hydrogens is 318 g/mol. The number of ether oxygens (including phenoxy) is 2. The van der Waals surface area contributed by atoms with Gasteiger partial charge in [0.1, 0.15) is 5.82 Å². The number of anilines is 2. The maximum atomic E-state index is 12.2. The highest BCUT2D eigenvalue weighted by atomic mass is 16.5. The molecule has 0 bridgehead atoms. The number of hydrogen-bond acceptors (Lipinski definition) is 5. The maximum Gasteiger partial charge on any atom is 0.228 e. The molecule has 134 valence electrons. The first-order valence-corrected chi connectivity index (χ1v) is 8.29. The highest BCUT2D eigenvalue weighted by Crippen LogP contribution is 2.27. The standard InChI is InChI=1S/C19H25N3O3/c1-5-13(2)21-18-9-7-15(12-20-18)22-19(23)11-14-6-8-16(24-3)17(10-14)25-4/h6-10,12-13H,5,11H2,1-4H3,(H,20,21)(H,22,23). The monoisotopic (exact) mass is 343 g/mol. The van der Waals surface area contributed by atoms with Gasteiger partial charge in [0.2, 0.25) is 5.91 Å². The minimum Gasteiger partial charge on any atom is -0.493 e. The fraction of sp³-hybridized carbons (Fsp3) is 0.368. The van der Waals surface area contributed by atoms with E-state index in [0.717, 1.165) is 17.8 Å². The molecule has 2 rings (SSSR count). The van der Waals surface area contributed by atoms with Crippen LogP contribution in [-0.4, -0.2) is 31.2 Å². The van der Waals surface area contributed by atoms with Crippen molar-refractivity contribution in [2.24, 2.45) is 0 Å². The zero-order valence-corrected chi connectivity index (χ0v) is 15.1. The molecule has 0 aliphatic carbocycles. The van der Waals surface area contributed by atoms with Gasteiger partial charge in [-0.3, -0.25) is 4.79 Å². The fourth-order valence-corrected chi connectivity index (χ4v) is 2.29. The van der Waals surface area contributed by atoms with Crippen LogP contribution >= 0.6 is 0 Å². The summed E-state index contributed by atoms with van der Waals surface area (Å²) in [6.45, 7) is 4.21. The Morgan fingerprint density at radius 3 is 2.52 bits per heavy atom. The normalized spacial score (nSPS) is 11.5.